The summed E-state index contributed by atoms with van der Waals surface area (Å²) in [4.78, 5) is 12.3. The van der Waals surface area contributed by atoms with Gasteiger partial charge in [0, 0.05) is 29.9 Å². The summed E-state index contributed by atoms with van der Waals surface area (Å²) in [6.45, 7) is 8.26. The fraction of sp³-hybridized carbons (Fsp3) is 0.444. The second-order valence-electron chi connectivity index (χ2n) is 6.36. The van der Waals surface area contributed by atoms with Gasteiger partial charge in [0.2, 0.25) is 0 Å². The average Bonchev–Trinajstić information content (AvgIpc) is 2.89. The number of fused-ring (bicyclic) bond motifs is 1. The second kappa shape index (κ2) is 7.05. The SMILES string of the molecule is Cc1cc(C)n(C[C@H](C)CNC(=O)c2ccc3c(c2)COCO3)n1. The lowest BCUT2D eigenvalue weighted by molar-refractivity contribution is -0.0163. The molecule has 0 saturated carbocycles. The summed E-state index contributed by atoms with van der Waals surface area (Å²) >= 11 is 0. The van der Waals surface area contributed by atoms with Crippen LogP contribution in [0.4, 0.5) is 0 Å². The highest BCUT2D eigenvalue weighted by molar-refractivity contribution is 5.94. The van der Waals surface area contributed by atoms with Crippen LogP contribution in [0, 0.1) is 19.8 Å². The smallest absolute Gasteiger partial charge is 0.251 e. The third-order valence-electron chi connectivity index (χ3n) is 4.08. The average molecular weight is 329 g/mol. The van der Waals surface area contributed by atoms with Gasteiger partial charge in [0.1, 0.15) is 5.75 Å². The Labute approximate surface area is 141 Å². The lowest BCUT2D eigenvalue weighted by Gasteiger charge is -2.18. The number of carbonyl (C=O) groups excluding carboxylic acids is 1. The number of benzene rings is 1. The largest absolute Gasteiger partial charge is 0.467 e. The molecule has 2 aromatic rings. The summed E-state index contributed by atoms with van der Waals surface area (Å²) in [7, 11) is 0. The quantitative estimate of drug-likeness (QED) is 0.915. The fourth-order valence-electron chi connectivity index (χ4n) is 2.82. The zero-order valence-corrected chi connectivity index (χ0v) is 14.3. The van der Waals surface area contributed by atoms with Crippen LogP contribution in [0.15, 0.2) is 24.3 Å². The minimum Gasteiger partial charge on any atom is -0.467 e. The number of carbonyl (C=O) groups is 1. The summed E-state index contributed by atoms with van der Waals surface area (Å²) in [6.07, 6.45) is 0. The standard InChI is InChI=1S/C18H23N3O3/c1-12(9-21-14(3)6-13(2)20-21)8-19-18(22)15-4-5-17-16(7-15)10-23-11-24-17/h4-7,12H,8-11H2,1-3H3,(H,19,22)/t12-/m1/s1. The number of hydrogen-bond acceptors (Lipinski definition) is 4. The first-order valence-electron chi connectivity index (χ1n) is 8.15. The van der Waals surface area contributed by atoms with Crippen molar-refractivity contribution in [3.8, 4) is 5.75 Å². The van der Waals surface area contributed by atoms with Gasteiger partial charge in [-0.15, -0.1) is 0 Å². The molecule has 0 bridgehead atoms. The van der Waals surface area contributed by atoms with Gasteiger partial charge in [-0.25, -0.2) is 0 Å². The highest BCUT2D eigenvalue weighted by Gasteiger charge is 2.15. The summed E-state index contributed by atoms with van der Waals surface area (Å²) in [5.74, 6) is 0.996. The van der Waals surface area contributed by atoms with Crippen LogP contribution < -0.4 is 10.1 Å². The van der Waals surface area contributed by atoms with Crippen LogP contribution in [0.1, 0.15) is 34.2 Å². The molecule has 1 aromatic carbocycles. The molecule has 1 aliphatic heterocycles. The van der Waals surface area contributed by atoms with Gasteiger partial charge in [0.15, 0.2) is 6.79 Å². The Kier molecular flexibility index (Phi) is 4.85. The first-order valence-corrected chi connectivity index (χ1v) is 8.15. The number of amides is 1. The minimum atomic E-state index is -0.0800. The molecule has 3 rings (SSSR count). The minimum absolute atomic E-state index is 0.0800. The molecule has 0 spiro atoms. The molecule has 1 N–H and O–H groups in total. The number of aryl methyl sites for hydroxylation is 2. The second-order valence-corrected chi connectivity index (χ2v) is 6.36. The third kappa shape index (κ3) is 3.76. The van der Waals surface area contributed by atoms with Gasteiger partial charge in [-0.2, -0.15) is 5.10 Å². The van der Waals surface area contributed by atoms with Crippen LogP contribution >= 0.6 is 0 Å². The molecule has 6 heteroatoms. The van der Waals surface area contributed by atoms with E-state index in [9.17, 15) is 4.79 Å². The third-order valence-corrected chi connectivity index (χ3v) is 4.08. The maximum absolute atomic E-state index is 12.3. The lowest BCUT2D eigenvalue weighted by atomic mass is 10.1. The van der Waals surface area contributed by atoms with Crippen molar-refractivity contribution in [3.05, 3.63) is 46.8 Å². The Bertz CT molecular complexity index is 739. The first kappa shape index (κ1) is 16.5. The summed E-state index contributed by atoms with van der Waals surface area (Å²) < 4.78 is 12.6. The van der Waals surface area contributed by atoms with Crippen molar-refractivity contribution < 1.29 is 14.3 Å². The van der Waals surface area contributed by atoms with Gasteiger partial charge < -0.3 is 14.8 Å². The van der Waals surface area contributed by atoms with Gasteiger partial charge >= 0.3 is 0 Å². The van der Waals surface area contributed by atoms with E-state index in [1.165, 1.54) is 0 Å². The molecule has 0 aliphatic carbocycles. The number of hydrogen-bond donors (Lipinski definition) is 1. The molecule has 0 unspecified atom stereocenters. The molecule has 0 radical (unpaired) electrons. The molecule has 1 atom stereocenters. The normalized spacial score (nSPS) is 14.6. The van der Waals surface area contributed by atoms with E-state index in [-0.39, 0.29) is 18.6 Å². The monoisotopic (exact) mass is 329 g/mol. The van der Waals surface area contributed by atoms with E-state index in [0.717, 1.165) is 29.2 Å². The summed E-state index contributed by atoms with van der Waals surface area (Å²) in [6, 6.07) is 7.50. The van der Waals surface area contributed by atoms with Crippen molar-refractivity contribution in [1.29, 1.82) is 0 Å². The van der Waals surface area contributed by atoms with Crippen LogP contribution in [0.5, 0.6) is 5.75 Å². The Hall–Kier alpha value is -2.34. The Morgan fingerprint density at radius 2 is 2.21 bits per heavy atom. The van der Waals surface area contributed by atoms with Crippen molar-refractivity contribution in [2.75, 3.05) is 13.3 Å². The van der Waals surface area contributed by atoms with Crippen LogP contribution in [0.25, 0.3) is 0 Å². The molecular formula is C18H23N3O3. The molecular weight excluding hydrogens is 306 g/mol. The van der Waals surface area contributed by atoms with Gasteiger partial charge in [0.25, 0.3) is 5.91 Å². The number of rotatable bonds is 5. The molecule has 128 valence electrons. The van der Waals surface area contributed by atoms with E-state index in [4.69, 9.17) is 9.47 Å². The highest BCUT2D eigenvalue weighted by atomic mass is 16.7. The van der Waals surface area contributed by atoms with E-state index < -0.39 is 0 Å². The maximum atomic E-state index is 12.3. The van der Waals surface area contributed by atoms with E-state index in [0.29, 0.717) is 18.7 Å². The van der Waals surface area contributed by atoms with Gasteiger partial charge in [0.05, 0.1) is 12.3 Å². The zero-order valence-electron chi connectivity index (χ0n) is 14.3. The predicted molar refractivity (Wildman–Crippen MR) is 89.9 cm³/mol. The van der Waals surface area contributed by atoms with Crippen molar-refractivity contribution in [2.45, 2.75) is 33.9 Å². The van der Waals surface area contributed by atoms with Crippen LogP contribution in [0.3, 0.4) is 0 Å². The fourth-order valence-corrected chi connectivity index (χ4v) is 2.82. The lowest BCUT2D eigenvalue weighted by Crippen LogP contribution is -2.30. The first-order chi connectivity index (χ1) is 11.5. The number of nitrogens with zero attached hydrogens (tertiary/aromatic N) is 2. The predicted octanol–water partition coefficient (Wildman–Crippen LogP) is 2.43. The molecule has 1 amide bonds. The Balaban J connectivity index is 1.56. The van der Waals surface area contributed by atoms with Crippen molar-refractivity contribution >= 4 is 5.91 Å². The van der Waals surface area contributed by atoms with Crippen LogP contribution in [0.2, 0.25) is 0 Å². The summed E-state index contributed by atoms with van der Waals surface area (Å²) in [5.41, 5.74) is 3.69. The van der Waals surface area contributed by atoms with Crippen LogP contribution in [-0.2, 0) is 17.9 Å². The molecule has 1 aliphatic rings. The number of nitrogens with one attached hydrogen (secondary N) is 1. The van der Waals surface area contributed by atoms with Crippen LogP contribution in [-0.4, -0.2) is 29.0 Å². The molecule has 2 heterocycles. The van der Waals surface area contributed by atoms with E-state index >= 15 is 0 Å². The van der Waals surface area contributed by atoms with Gasteiger partial charge in [-0.1, -0.05) is 6.92 Å². The van der Waals surface area contributed by atoms with Crippen molar-refractivity contribution in [2.24, 2.45) is 5.92 Å². The summed E-state index contributed by atoms with van der Waals surface area (Å²) in [5, 5.41) is 7.45. The molecule has 24 heavy (non-hydrogen) atoms. The topological polar surface area (TPSA) is 65.4 Å². The molecule has 0 fully saturated rings. The van der Waals surface area contributed by atoms with Crippen molar-refractivity contribution in [3.63, 3.8) is 0 Å². The van der Waals surface area contributed by atoms with E-state index in [1.807, 2.05) is 30.7 Å². The van der Waals surface area contributed by atoms with E-state index in [2.05, 4.69) is 23.4 Å². The zero-order chi connectivity index (χ0) is 17.1. The van der Waals surface area contributed by atoms with Gasteiger partial charge in [-0.05, 0) is 44.0 Å². The van der Waals surface area contributed by atoms with Crippen molar-refractivity contribution in [1.82, 2.24) is 15.1 Å². The van der Waals surface area contributed by atoms with Gasteiger partial charge in [-0.3, -0.25) is 9.48 Å². The molecule has 6 nitrogen and oxygen atoms in total. The Morgan fingerprint density at radius 1 is 1.38 bits per heavy atom. The van der Waals surface area contributed by atoms with E-state index in [1.54, 1.807) is 6.07 Å². The highest BCUT2D eigenvalue weighted by Crippen LogP contribution is 2.24. The maximum Gasteiger partial charge on any atom is 0.251 e. The number of aromatic nitrogens is 2. The molecule has 1 aromatic heterocycles. The Morgan fingerprint density at radius 3 is 2.96 bits per heavy atom. The number of ether oxygens (including phenoxy) is 2. The molecule has 0 saturated heterocycles.